The van der Waals surface area contributed by atoms with Crippen LogP contribution in [-0.4, -0.2) is 55.4 Å². The van der Waals surface area contributed by atoms with Gasteiger partial charge in [0.1, 0.15) is 31.3 Å². The van der Waals surface area contributed by atoms with Gasteiger partial charge >= 0.3 is 17.9 Å². The van der Waals surface area contributed by atoms with E-state index in [2.05, 4.69) is 0 Å². The van der Waals surface area contributed by atoms with Crippen molar-refractivity contribution in [2.75, 3.05) is 13.2 Å². The molecule has 0 radical (unpaired) electrons. The highest BCUT2D eigenvalue weighted by Gasteiger charge is 2.26. The Hall–Kier alpha value is -4.05. The molecule has 0 aromatic heterocycles. The molecule has 3 aromatic rings. The molecule has 0 aliphatic heterocycles. The van der Waals surface area contributed by atoms with Crippen LogP contribution in [0, 0.1) is 0 Å². The smallest absolute Gasteiger partial charge is 0.323 e. The van der Waals surface area contributed by atoms with Gasteiger partial charge in [-0.05, 0) is 36.0 Å². The summed E-state index contributed by atoms with van der Waals surface area (Å²) in [5.41, 5.74) is 20.7. The molecule has 0 aliphatic carbocycles. The average Bonchev–Trinajstić information content (AvgIpc) is 2.95. The second kappa shape index (κ2) is 15.4. The molecule has 206 valence electrons. The van der Waals surface area contributed by atoms with E-state index in [1.807, 2.05) is 91.0 Å². The number of carbonyl (C=O) groups excluding carboxylic acids is 3. The number of carbonyl (C=O) groups is 3. The van der Waals surface area contributed by atoms with Crippen LogP contribution in [0.1, 0.15) is 16.7 Å². The minimum Gasteiger partial charge on any atom is -0.460 e. The number of benzene rings is 3. The molecule has 6 N–H and O–H groups in total. The van der Waals surface area contributed by atoms with E-state index in [1.165, 1.54) is 0 Å². The summed E-state index contributed by atoms with van der Waals surface area (Å²) in [6, 6.07) is 24.9. The van der Waals surface area contributed by atoms with Gasteiger partial charge in [0, 0.05) is 0 Å². The Morgan fingerprint density at radius 2 is 0.821 bits per heavy atom. The molecule has 3 aromatic carbocycles. The van der Waals surface area contributed by atoms with E-state index in [9.17, 15) is 14.4 Å². The standard InChI is InChI=1S/C30H35N3O6/c31-25(16-21-10-4-1-5-11-21)28(34)37-19-24(39-30(36)27(33)18-23-14-8-3-9-15-23)20-38-29(35)26(32)17-22-12-6-2-7-13-22/h1-15,24-27H,16-20,31-33H2. The van der Waals surface area contributed by atoms with Gasteiger partial charge in [-0.25, -0.2) is 0 Å². The number of hydrogen-bond donors (Lipinski definition) is 3. The summed E-state index contributed by atoms with van der Waals surface area (Å²) in [7, 11) is 0. The summed E-state index contributed by atoms with van der Waals surface area (Å²) in [6.07, 6.45) is -0.305. The molecule has 9 nitrogen and oxygen atoms in total. The Morgan fingerprint density at radius 3 is 1.15 bits per heavy atom. The van der Waals surface area contributed by atoms with Crippen LogP contribution in [0.15, 0.2) is 91.0 Å². The van der Waals surface area contributed by atoms with Crippen molar-refractivity contribution in [1.82, 2.24) is 0 Å². The normalized spacial score (nSPS) is 13.9. The summed E-state index contributed by atoms with van der Waals surface area (Å²) in [5, 5.41) is 0. The number of ether oxygens (including phenoxy) is 3. The fraction of sp³-hybridized carbons (Fsp3) is 0.300. The molecule has 3 atom stereocenters. The van der Waals surface area contributed by atoms with Crippen LogP contribution in [-0.2, 0) is 47.9 Å². The van der Waals surface area contributed by atoms with Gasteiger partial charge in [-0.1, -0.05) is 91.0 Å². The molecule has 39 heavy (non-hydrogen) atoms. The van der Waals surface area contributed by atoms with Crippen molar-refractivity contribution in [3.63, 3.8) is 0 Å². The lowest BCUT2D eigenvalue weighted by molar-refractivity contribution is -0.168. The molecule has 9 heteroatoms. The Kier molecular flexibility index (Phi) is 11.6. The van der Waals surface area contributed by atoms with Crippen LogP contribution in [0.4, 0.5) is 0 Å². The number of nitrogens with two attached hydrogens (primary N) is 3. The first-order valence-electron chi connectivity index (χ1n) is 12.7. The topological polar surface area (TPSA) is 157 Å². The van der Waals surface area contributed by atoms with Crippen LogP contribution in [0.25, 0.3) is 0 Å². The van der Waals surface area contributed by atoms with E-state index in [-0.39, 0.29) is 32.5 Å². The molecule has 3 rings (SSSR count). The first-order valence-corrected chi connectivity index (χ1v) is 12.7. The van der Waals surface area contributed by atoms with Crippen molar-refractivity contribution in [3.8, 4) is 0 Å². The lowest BCUT2D eigenvalue weighted by atomic mass is 10.1. The summed E-state index contributed by atoms with van der Waals surface area (Å²) in [5.74, 6) is -2.08. The summed E-state index contributed by atoms with van der Waals surface area (Å²) in [6.45, 7) is -0.737. The number of esters is 3. The fourth-order valence-corrected chi connectivity index (χ4v) is 3.79. The highest BCUT2D eigenvalue weighted by Crippen LogP contribution is 2.08. The molecule has 0 aliphatic rings. The molecule has 0 spiro atoms. The molecular formula is C30H35N3O6. The maximum absolute atomic E-state index is 12.7. The maximum atomic E-state index is 12.7. The Labute approximate surface area is 228 Å². The predicted molar refractivity (Wildman–Crippen MR) is 146 cm³/mol. The van der Waals surface area contributed by atoms with E-state index >= 15 is 0 Å². The van der Waals surface area contributed by atoms with Crippen LogP contribution in [0.2, 0.25) is 0 Å². The average molecular weight is 534 g/mol. The van der Waals surface area contributed by atoms with Crippen LogP contribution in [0.5, 0.6) is 0 Å². The third-order valence-electron chi connectivity index (χ3n) is 5.91. The Bertz CT molecular complexity index is 1110. The quantitative estimate of drug-likeness (QED) is 0.207. The predicted octanol–water partition coefficient (Wildman–Crippen LogP) is 1.69. The minimum atomic E-state index is -1.10. The Balaban J connectivity index is 1.57. The highest BCUT2D eigenvalue weighted by atomic mass is 16.6. The third-order valence-corrected chi connectivity index (χ3v) is 5.91. The van der Waals surface area contributed by atoms with E-state index in [4.69, 9.17) is 31.4 Å². The molecule has 0 saturated carbocycles. The van der Waals surface area contributed by atoms with Crippen molar-refractivity contribution in [2.24, 2.45) is 17.2 Å². The van der Waals surface area contributed by atoms with Gasteiger partial charge < -0.3 is 31.4 Å². The summed E-state index contributed by atoms with van der Waals surface area (Å²) in [4.78, 5) is 37.8. The zero-order valence-corrected chi connectivity index (χ0v) is 21.7. The van der Waals surface area contributed by atoms with Gasteiger partial charge in [0.15, 0.2) is 6.10 Å². The number of rotatable bonds is 14. The van der Waals surface area contributed by atoms with Crippen LogP contribution < -0.4 is 17.2 Å². The van der Waals surface area contributed by atoms with Crippen LogP contribution in [0.3, 0.4) is 0 Å². The van der Waals surface area contributed by atoms with Crippen molar-refractivity contribution >= 4 is 17.9 Å². The van der Waals surface area contributed by atoms with Gasteiger partial charge in [0.05, 0.1) is 0 Å². The largest absolute Gasteiger partial charge is 0.460 e. The summed E-state index contributed by atoms with van der Waals surface area (Å²) >= 11 is 0. The molecular weight excluding hydrogens is 498 g/mol. The summed E-state index contributed by atoms with van der Waals surface area (Å²) < 4.78 is 16.1. The van der Waals surface area contributed by atoms with Gasteiger partial charge in [-0.2, -0.15) is 0 Å². The second-order valence-corrected chi connectivity index (χ2v) is 9.21. The van der Waals surface area contributed by atoms with Crippen molar-refractivity contribution in [1.29, 1.82) is 0 Å². The van der Waals surface area contributed by atoms with E-state index in [0.29, 0.717) is 0 Å². The lowest BCUT2D eigenvalue weighted by Gasteiger charge is -2.22. The van der Waals surface area contributed by atoms with E-state index in [1.54, 1.807) is 0 Å². The zero-order chi connectivity index (χ0) is 28.0. The molecule has 0 fully saturated rings. The van der Waals surface area contributed by atoms with Gasteiger partial charge in [-0.3, -0.25) is 14.4 Å². The van der Waals surface area contributed by atoms with Gasteiger partial charge in [0.2, 0.25) is 0 Å². The first kappa shape index (κ1) is 29.5. The van der Waals surface area contributed by atoms with Gasteiger partial charge in [0.25, 0.3) is 0 Å². The third kappa shape index (κ3) is 10.3. The molecule has 0 heterocycles. The van der Waals surface area contributed by atoms with Crippen LogP contribution >= 0.6 is 0 Å². The molecule has 0 amide bonds. The second-order valence-electron chi connectivity index (χ2n) is 9.21. The highest BCUT2D eigenvalue weighted by molar-refractivity contribution is 5.77. The Morgan fingerprint density at radius 1 is 0.513 bits per heavy atom. The number of hydrogen-bond acceptors (Lipinski definition) is 9. The fourth-order valence-electron chi connectivity index (χ4n) is 3.79. The molecule has 0 bridgehead atoms. The molecule has 0 saturated heterocycles. The monoisotopic (exact) mass is 533 g/mol. The molecule has 3 unspecified atom stereocenters. The zero-order valence-electron chi connectivity index (χ0n) is 21.7. The minimum absolute atomic E-state index is 0.246. The van der Waals surface area contributed by atoms with Gasteiger partial charge in [-0.15, -0.1) is 0 Å². The van der Waals surface area contributed by atoms with Crippen molar-refractivity contribution in [3.05, 3.63) is 108 Å². The SMILES string of the molecule is NC(Cc1ccccc1)C(=O)OCC(COC(=O)C(N)Cc1ccccc1)OC(=O)C(N)Cc1ccccc1. The van der Waals surface area contributed by atoms with E-state index < -0.39 is 42.1 Å². The lowest BCUT2D eigenvalue weighted by Crippen LogP contribution is -2.42. The van der Waals surface area contributed by atoms with Crippen molar-refractivity contribution in [2.45, 2.75) is 43.5 Å². The first-order chi connectivity index (χ1) is 18.8. The maximum Gasteiger partial charge on any atom is 0.323 e. The van der Waals surface area contributed by atoms with Crippen molar-refractivity contribution < 1.29 is 28.6 Å². The van der Waals surface area contributed by atoms with E-state index in [0.717, 1.165) is 16.7 Å².